The number of hydrogen-bond acceptors (Lipinski definition) is 3. The van der Waals surface area contributed by atoms with Crippen molar-refractivity contribution in [2.24, 2.45) is 0 Å². The molecule has 1 atom stereocenters. The molecule has 0 aliphatic rings. The Hall–Kier alpha value is -1.62. The van der Waals surface area contributed by atoms with Crippen LogP contribution in [0.15, 0.2) is 24.5 Å². The lowest BCUT2D eigenvalue weighted by atomic mass is 10.0. The smallest absolute Gasteiger partial charge is 0.319 e. The highest BCUT2D eigenvalue weighted by Gasteiger charge is 2.22. The van der Waals surface area contributed by atoms with Crippen LogP contribution in [0.3, 0.4) is 0 Å². The number of anilines is 1. The van der Waals surface area contributed by atoms with Crippen molar-refractivity contribution in [3.8, 4) is 0 Å². The van der Waals surface area contributed by atoms with Gasteiger partial charge in [0.15, 0.2) is 0 Å². The van der Waals surface area contributed by atoms with Gasteiger partial charge in [-0.15, -0.1) is 0 Å². The zero-order chi connectivity index (χ0) is 12.0. The summed E-state index contributed by atoms with van der Waals surface area (Å²) < 4.78 is 0. The highest BCUT2D eigenvalue weighted by molar-refractivity contribution is 5.89. The molecular weight excluding hydrogens is 206 g/mol. The number of hydrogen-bond donors (Lipinski definition) is 3. The largest absolute Gasteiger partial charge is 0.394 e. The number of aliphatic hydroxyl groups excluding tert-OH is 1. The molecule has 0 saturated carbocycles. The van der Waals surface area contributed by atoms with Crippen LogP contribution in [-0.2, 0) is 0 Å². The molecule has 0 aliphatic heterocycles. The average Bonchev–Trinajstić information content (AvgIpc) is 2.30. The first-order chi connectivity index (χ1) is 7.59. The molecule has 0 aliphatic carbocycles. The number of amides is 2. The Labute approximate surface area is 94.9 Å². The fourth-order valence-corrected chi connectivity index (χ4v) is 1.11. The van der Waals surface area contributed by atoms with Crippen LogP contribution in [0.2, 0.25) is 0 Å². The summed E-state index contributed by atoms with van der Waals surface area (Å²) in [5, 5.41) is 14.5. The number of nitrogens with zero attached hydrogens (tertiary/aromatic N) is 1. The minimum absolute atomic E-state index is 0.0900. The molecule has 0 spiro atoms. The fourth-order valence-electron chi connectivity index (χ4n) is 1.11. The molecule has 0 aromatic carbocycles. The van der Waals surface area contributed by atoms with E-state index in [9.17, 15) is 4.79 Å². The quantitative estimate of drug-likeness (QED) is 0.721. The topological polar surface area (TPSA) is 74.2 Å². The van der Waals surface area contributed by atoms with Gasteiger partial charge in [0.2, 0.25) is 0 Å². The molecular formula is C11H17N3O2. The van der Waals surface area contributed by atoms with E-state index in [0.717, 1.165) is 0 Å². The summed E-state index contributed by atoms with van der Waals surface area (Å²) >= 11 is 0. The van der Waals surface area contributed by atoms with E-state index >= 15 is 0 Å². The number of carbonyl (C=O) groups is 1. The van der Waals surface area contributed by atoms with E-state index < -0.39 is 5.54 Å². The number of nitrogens with one attached hydrogen (secondary N) is 2. The lowest BCUT2D eigenvalue weighted by molar-refractivity contribution is 0.172. The lowest BCUT2D eigenvalue weighted by Crippen LogP contribution is -2.50. The molecule has 1 rings (SSSR count). The molecule has 1 unspecified atom stereocenters. The summed E-state index contributed by atoms with van der Waals surface area (Å²) in [5.41, 5.74) is 0.0841. The van der Waals surface area contributed by atoms with Crippen LogP contribution in [0.5, 0.6) is 0 Å². The van der Waals surface area contributed by atoms with Crippen molar-refractivity contribution in [2.75, 3.05) is 11.9 Å². The van der Waals surface area contributed by atoms with Crippen LogP contribution in [0, 0.1) is 0 Å². The maximum Gasteiger partial charge on any atom is 0.319 e. The van der Waals surface area contributed by atoms with Gasteiger partial charge in [0.05, 0.1) is 12.1 Å². The number of carbonyl (C=O) groups excluding carboxylic acids is 1. The molecule has 3 N–H and O–H groups in total. The fraction of sp³-hybridized carbons (Fsp3) is 0.455. The summed E-state index contributed by atoms with van der Waals surface area (Å²) in [7, 11) is 0. The van der Waals surface area contributed by atoms with Crippen molar-refractivity contribution in [1.29, 1.82) is 0 Å². The van der Waals surface area contributed by atoms with Gasteiger partial charge in [0.25, 0.3) is 0 Å². The van der Waals surface area contributed by atoms with Crippen molar-refractivity contribution in [3.63, 3.8) is 0 Å². The highest BCUT2D eigenvalue weighted by Crippen LogP contribution is 2.09. The van der Waals surface area contributed by atoms with Gasteiger partial charge in [-0.3, -0.25) is 4.98 Å². The Balaban J connectivity index is 2.54. The second-order valence-electron chi connectivity index (χ2n) is 3.89. The molecule has 0 bridgehead atoms. The Morgan fingerprint density at radius 3 is 2.62 bits per heavy atom. The van der Waals surface area contributed by atoms with Crippen LogP contribution in [0.4, 0.5) is 10.5 Å². The van der Waals surface area contributed by atoms with Crippen LogP contribution < -0.4 is 10.6 Å². The maximum absolute atomic E-state index is 11.6. The summed E-state index contributed by atoms with van der Waals surface area (Å²) in [6.45, 7) is 3.61. The summed E-state index contributed by atoms with van der Waals surface area (Å²) in [6, 6.07) is 3.06. The van der Waals surface area contributed by atoms with Crippen LogP contribution >= 0.6 is 0 Å². The molecule has 5 nitrogen and oxygen atoms in total. The molecule has 0 radical (unpaired) electrons. The molecule has 1 aromatic heterocycles. The van der Waals surface area contributed by atoms with Gasteiger partial charge in [-0.25, -0.2) is 4.79 Å². The maximum atomic E-state index is 11.6. The molecule has 0 saturated heterocycles. The SMILES string of the molecule is CCC(C)(CO)NC(=O)Nc1ccncc1. The third-order valence-electron chi connectivity index (χ3n) is 2.48. The first-order valence-corrected chi connectivity index (χ1v) is 5.19. The minimum atomic E-state index is -0.586. The third kappa shape index (κ3) is 3.51. The summed E-state index contributed by atoms with van der Waals surface area (Å²) in [5.74, 6) is 0. The van der Waals surface area contributed by atoms with E-state index in [1.54, 1.807) is 31.5 Å². The van der Waals surface area contributed by atoms with Crippen molar-refractivity contribution < 1.29 is 9.90 Å². The van der Waals surface area contributed by atoms with Gasteiger partial charge >= 0.3 is 6.03 Å². The Bertz CT molecular complexity index is 336. The minimum Gasteiger partial charge on any atom is -0.394 e. The van der Waals surface area contributed by atoms with E-state index in [0.29, 0.717) is 12.1 Å². The van der Waals surface area contributed by atoms with E-state index in [4.69, 9.17) is 5.11 Å². The predicted molar refractivity (Wildman–Crippen MR) is 62.2 cm³/mol. The number of aliphatic hydroxyl groups is 1. The molecule has 2 amide bonds. The first kappa shape index (κ1) is 12.4. The average molecular weight is 223 g/mol. The van der Waals surface area contributed by atoms with Gasteiger partial charge in [-0.05, 0) is 25.5 Å². The lowest BCUT2D eigenvalue weighted by Gasteiger charge is -2.27. The molecule has 88 valence electrons. The number of rotatable bonds is 4. The van der Waals surface area contributed by atoms with Gasteiger partial charge in [0.1, 0.15) is 0 Å². The normalized spacial score (nSPS) is 13.9. The van der Waals surface area contributed by atoms with Crippen LogP contribution in [-0.4, -0.2) is 28.3 Å². The number of urea groups is 1. The van der Waals surface area contributed by atoms with Crippen molar-refractivity contribution in [2.45, 2.75) is 25.8 Å². The van der Waals surface area contributed by atoms with Crippen molar-refractivity contribution in [1.82, 2.24) is 10.3 Å². The van der Waals surface area contributed by atoms with Gasteiger partial charge in [-0.1, -0.05) is 6.92 Å². The van der Waals surface area contributed by atoms with Crippen molar-refractivity contribution >= 4 is 11.7 Å². The van der Waals surface area contributed by atoms with E-state index in [-0.39, 0.29) is 12.6 Å². The van der Waals surface area contributed by atoms with Gasteiger partial charge < -0.3 is 15.7 Å². The standard InChI is InChI=1S/C11H17N3O2/c1-3-11(2,8-15)14-10(16)13-9-4-6-12-7-5-9/h4-7,15H,3,8H2,1-2H3,(H2,12,13,14,16). The third-order valence-corrected chi connectivity index (χ3v) is 2.48. The molecule has 5 heteroatoms. The van der Waals surface area contributed by atoms with E-state index in [1.165, 1.54) is 0 Å². The summed E-state index contributed by atoms with van der Waals surface area (Å²) in [4.78, 5) is 15.4. The monoisotopic (exact) mass is 223 g/mol. The molecule has 1 heterocycles. The summed E-state index contributed by atoms with van der Waals surface area (Å²) in [6.07, 6.45) is 3.86. The second-order valence-corrected chi connectivity index (χ2v) is 3.89. The number of pyridine rings is 1. The highest BCUT2D eigenvalue weighted by atomic mass is 16.3. The predicted octanol–water partition coefficient (Wildman–Crippen LogP) is 1.36. The van der Waals surface area contributed by atoms with Crippen molar-refractivity contribution in [3.05, 3.63) is 24.5 Å². The molecule has 1 aromatic rings. The second kappa shape index (κ2) is 5.46. The van der Waals surface area contributed by atoms with Gasteiger partial charge in [0, 0.05) is 18.1 Å². The first-order valence-electron chi connectivity index (χ1n) is 5.19. The van der Waals surface area contributed by atoms with E-state index in [2.05, 4.69) is 15.6 Å². The Morgan fingerprint density at radius 1 is 1.50 bits per heavy atom. The van der Waals surface area contributed by atoms with Gasteiger partial charge in [-0.2, -0.15) is 0 Å². The van der Waals surface area contributed by atoms with Crippen LogP contribution in [0.1, 0.15) is 20.3 Å². The van der Waals surface area contributed by atoms with Crippen LogP contribution in [0.25, 0.3) is 0 Å². The zero-order valence-corrected chi connectivity index (χ0v) is 9.53. The van der Waals surface area contributed by atoms with E-state index in [1.807, 2.05) is 6.92 Å². The molecule has 0 fully saturated rings. The number of aromatic nitrogens is 1. The molecule has 16 heavy (non-hydrogen) atoms. The zero-order valence-electron chi connectivity index (χ0n) is 9.53. The Kier molecular flexibility index (Phi) is 4.25. The Morgan fingerprint density at radius 2 is 2.12 bits per heavy atom.